The van der Waals surface area contributed by atoms with Crippen LogP contribution >= 0.6 is 27.5 Å². The van der Waals surface area contributed by atoms with Gasteiger partial charge in [0.1, 0.15) is 22.1 Å². The average molecular weight is 569 g/mol. The monoisotopic (exact) mass is 567 g/mol. The normalized spacial score (nSPS) is 11.5. The predicted molar refractivity (Wildman–Crippen MR) is 141 cm³/mol. The minimum atomic E-state index is -4.09. The summed E-state index contributed by atoms with van der Waals surface area (Å²) in [6.07, 6.45) is 1.91. The Morgan fingerprint density at radius 1 is 0.914 bits per heavy atom. The van der Waals surface area contributed by atoms with Crippen molar-refractivity contribution < 1.29 is 12.6 Å². The number of nitrogens with zero attached hydrogens (tertiary/aromatic N) is 2. The van der Waals surface area contributed by atoms with Crippen LogP contribution in [0.3, 0.4) is 0 Å². The first-order valence-corrected chi connectivity index (χ1v) is 13.2. The van der Waals surface area contributed by atoms with Crippen LogP contribution in [0.1, 0.15) is 5.56 Å². The van der Waals surface area contributed by atoms with E-state index in [1.807, 2.05) is 59.1 Å². The maximum absolute atomic E-state index is 13.0. The summed E-state index contributed by atoms with van der Waals surface area (Å²) in [6.45, 7) is 0.556. The molecule has 0 spiro atoms. The number of nitrogens with one attached hydrogen (secondary N) is 1. The van der Waals surface area contributed by atoms with Crippen molar-refractivity contribution in [2.24, 2.45) is 0 Å². The SMILES string of the molecule is O=S(=O)(Oc1ccccc1-c1nc2ccc(Br)cn2c1NCc1ccccc1)c1ccc(Cl)cc1. The Morgan fingerprint density at radius 3 is 2.40 bits per heavy atom. The molecule has 0 saturated carbocycles. The Labute approximate surface area is 216 Å². The average Bonchev–Trinajstić information content (AvgIpc) is 3.21. The molecule has 176 valence electrons. The van der Waals surface area contributed by atoms with Gasteiger partial charge in [0, 0.05) is 27.8 Å². The van der Waals surface area contributed by atoms with Crippen molar-refractivity contribution >= 4 is 49.1 Å². The van der Waals surface area contributed by atoms with Crippen molar-refractivity contribution in [3.8, 4) is 17.0 Å². The molecular weight excluding hydrogens is 550 g/mol. The van der Waals surface area contributed by atoms with Crippen molar-refractivity contribution in [2.75, 3.05) is 5.32 Å². The van der Waals surface area contributed by atoms with Gasteiger partial charge in [-0.1, -0.05) is 54.1 Å². The maximum atomic E-state index is 13.0. The topological polar surface area (TPSA) is 72.7 Å². The highest BCUT2D eigenvalue weighted by atomic mass is 79.9. The number of halogens is 2. The molecule has 0 aliphatic carbocycles. The van der Waals surface area contributed by atoms with Crippen LogP contribution < -0.4 is 9.50 Å². The summed E-state index contributed by atoms with van der Waals surface area (Å²) < 4.78 is 34.4. The van der Waals surface area contributed by atoms with Crippen molar-refractivity contribution in [2.45, 2.75) is 11.4 Å². The molecule has 0 radical (unpaired) electrons. The second-order valence-electron chi connectivity index (χ2n) is 7.71. The van der Waals surface area contributed by atoms with E-state index in [9.17, 15) is 8.42 Å². The highest BCUT2D eigenvalue weighted by Crippen LogP contribution is 2.37. The molecule has 0 aliphatic rings. The van der Waals surface area contributed by atoms with Gasteiger partial charge in [-0.05, 0) is 70.0 Å². The zero-order chi connectivity index (χ0) is 24.4. The van der Waals surface area contributed by atoms with E-state index in [4.69, 9.17) is 20.8 Å². The van der Waals surface area contributed by atoms with Gasteiger partial charge < -0.3 is 9.50 Å². The van der Waals surface area contributed by atoms with E-state index in [-0.39, 0.29) is 10.6 Å². The van der Waals surface area contributed by atoms with Crippen LogP contribution in [0.5, 0.6) is 5.75 Å². The molecule has 0 fully saturated rings. The molecule has 1 N–H and O–H groups in total. The number of fused-ring (bicyclic) bond motifs is 1. The predicted octanol–water partition coefficient (Wildman–Crippen LogP) is 6.80. The van der Waals surface area contributed by atoms with Gasteiger partial charge in [-0.2, -0.15) is 8.42 Å². The molecule has 0 amide bonds. The minimum Gasteiger partial charge on any atom is -0.378 e. The lowest BCUT2D eigenvalue weighted by atomic mass is 10.1. The number of hydrogen-bond acceptors (Lipinski definition) is 5. The van der Waals surface area contributed by atoms with Gasteiger partial charge in [0.2, 0.25) is 0 Å². The molecule has 0 bridgehead atoms. The number of hydrogen-bond donors (Lipinski definition) is 1. The Bertz CT molecular complexity index is 1600. The summed E-state index contributed by atoms with van der Waals surface area (Å²) in [5.74, 6) is 0.887. The molecule has 0 saturated heterocycles. The first-order valence-electron chi connectivity index (χ1n) is 10.7. The molecule has 35 heavy (non-hydrogen) atoms. The Hall–Kier alpha value is -3.33. The molecule has 2 heterocycles. The van der Waals surface area contributed by atoms with Crippen LogP contribution in [-0.2, 0) is 16.7 Å². The summed E-state index contributed by atoms with van der Waals surface area (Å²) in [5, 5.41) is 3.91. The van der Waals surface area contributed by atoms with Crippen LogP contribution in [0.25, 0.3) is 16.9 Å². The number of rotatable bonds is 7. The zero-order valence-electron chi connectivity index (χ0n) is 18.2. The molecule has 5 aromatic rings. The summed E-state index contributed by atoms with van der Waals surface area (Å²) in [6, 6.07) is 26.6. The third kappa shape index (κ3) is 5.05. The molecule has 2 aromatic heterocycles. The lowest BCUT2D eigenvalue weighted by molar-refractivity contribution is 0.487. The molecule has 9 heteroatoms. The summed E-state index contributed by atoms with van der Waals surface area (Å²) in [4.78, 5) is 4.81. The van der Waals surface area contributed by atoms with Crippen molar-refractivity contribution in [3.05, 3.63) is 112 Å². The number of imidazole rings is 1. The molecule has 0 atom stereocenters. The molecular formula is C26H19BrClN3O3S. The van der Waals surface area contributed by atoms with Gasteiger partial charge in [0.25, 0.3) is 0 Å². The first kappa shape index (κ1) is 23.4. The lowest BCUT2D eigenvalue weighted by Crippen LogP contribution is -2.10. The van der Waals surface area contributed by atoms with E-state index in [2.05, 4.69) is 21.2 Å². The highest BCUT2D eigenvalue weighted by Gasteiger charge is 2.22. The van der Waals surface area contributed by atoms with E-state index in [0.717, 1.165) is 10.0 Å². The number of benzene rings is 3. The number of aromatic nitrogens is 2. The van der Waals surface area contributed by atoms with Gasteiger partial charge >= 0.3 is 10.1 Å². The van der Waals surface area contributed by atoms with Crippen molar-refractivity contribution in [1.82, 2.24) is 9.38 Å². The van der Waals surface area contributed by atoms with E-state index in [1.165, 1.54) is 24.3 Å². The molecule has 0 aliphatic heterocycles. The molecule has 6 nitrogen and oxygen atoms in total. The standard InChI is InChI=1S/C26H19BrClN3O3S/c27-19-10-15-24-30-25(26(31(24)17-19)29-16-18-6-2-1-3-7-18)22-8-4-5-9-23(22)34-35(32,33)21-13-11-20(28)12-14-21/h1-15,17,29H,16H2. The Balaban J connectivity index is 1.58. The van der Waals surface area contributed by atoms with Crippen LogP contribution in [0.2, 0.25) is 5.02 Å². The summed E-state index contributed by atoms with van der Waals surface area (Å²) in [5.41, 5.74) is 2.91. The third-order valence-corrected chi connectivity index (χ3v) is 7.30. The van der Waals surface area contributed by atoms with Gasteiger partial charge in [-0.3, -0.25) is 4.40 Å². The summed E-state index contributed by atoms with van der Waals surface area (Å²) in [7, 11) is -4.09. The Morgan fingerprint density at radius 2 is 1.63 bits per heavy atom. The maximum Gasteiger partial charge on any atom is 0.339 e. The van der Waals surface area contributed by atoms with Crippen LogP contribution in [0.4, 0.5) is 5.82 Å². The van der Waals surface area contributed by atoms with E-state index >= 15 is 0 Å². The number of anilines is 1. The van der Waals surface area contributed by atoms with Gasteiger partial charge in [-0.25, -0.2) is 4.98 Å². The largest absolute Gasteiger partial charge is 0.378 e. The zero-order valence-corrected chi connectivity index (χ0v) is 21.4. The summed E-state index contributed by atoms with van der Waals surface area (Å²) >= 11 is 9.44. The van der Waals surface area contributed by atoms with Gasteiger partial charge in [0.15, 0.2) is 5.75 Å². The van der Waals surface area contributed by atoms with E-state index < -0.39 is 10.1 Å². The highest BCUT2D eigenvalue weighted by molar-refractivity contribution is 9.10. The van der Waals surface area contributed by atoms with Crippen LogP contribution in [0, 0.1) is 0 Å². The fourth-order valence-corrected chi connectivity index (χ4v) is 5.07. The van der Waals surface area contributed by atoms with Crippen molar-refractivity contribution in [3.63, 3.8) is 0 Å². The van der Waals surface area contributed by atoms with Crippen LogP contribution in [-0.4, -0.2) is 17.8 Å². The second kappa shape index (κ2) is 9.73. The quantitative estimate of drug-likeness (QED) is 0.219. The van der Waals surface area contributed by atoms with E-state index in [1.54, 1.807) is 18.2 Å². The van der Waals surface area contributed by atoms with E-state index in [0.29, 0.717) is 34.3 Å². The lowest BCUT2D eigenvalue weighted by Gasteiger charge is -2.13. The third-order valence-electron chi connectivity index (χ3n) is 5.33. The van der Waals surface area contributed by atoms with Gasteiger partial charge in [-0.15, -0.1) is 0 Å². The van der Waals surface area contributed by atoms with Crippen molar-refractivity contribution in [1.29, 1.82) is 0 Å². The smallest absolute Gasteiger partial charge is 0.339 e. The second-order valence-corrected chi connectivity index (χ2v) is 10.6. The fourth-order valence-electron chi connectivity index (χ4n) is 3.66. The number of para-hydroxylation sites is 1. The molecule has 3 aromatic carbocycles. The Kier molecular flexibility index (Phi) is 6.51. The molecule has 0 unspecified atom stereocenters. The van der Waals surface area contributed by atoms with Gasteiger partial charge in [0.05, 0.1) is 0 Å². The minimum absolute atomic E-state index is 0.0121. The van der Waals surface area contributed by atoms with Crippen LogP contribution in [0.15, 0.2) is 107 Å². The molecule has 5 rings (SSSR count). The number of pyridine rings is 1. The fraction of sp³-hybridized carbons (Fsp3) is 0.0385. The first-order chi connectivity index (χ1) is 16.9.